The largest absolute Gasteiger partial charge is 0.469 e. The lowest BCUT2D eigenvalue weighted by atomic mass is 10.0. The van der Waals surface area contributed by atoms with Gasteiger partial charge in [0.05, 0.1) is 32.7 Å². The number of methoxy groups -OCH3 is 2. The zero-order chi connectivity index (χ0) is 22.5. The van der Waals surface area contributed by atoms with Gasteiger partial charge in [0.2, 0.25) is 5.91 Å². The molecule has 3 atom stereocenters. The maximum atomic E-state index is 12.1. The monoisotopic (exact) mass is 424 g/mol. The minimum atomic E-state index is -1.20. The van der Waals surface area contributed by atoms with Gasteiger partial charge in [-0.15, -0.1) is 0 Å². The fraction of sp³-hybridized carbons (Fsp3) is 0.500. The Kier molecular flexibility index (Phi) is 10.9. The van der Waals surface area contributed by atoms with Crippen molar-refractivity contribution in [3.05, 3.63) is 35.9 Å². The summed E-state index contributed by atoms with van der Waals surface area (Å²) in [6.07, 6.45) is -2.34. The number of hydrogen-bond acceptors (Lipinski definition) is 8. The lowest BCUT2D eigenvalue weighted by molar-refractivity contribution is -0.149. The van der Waals surface area contributed by atoms with E-state index in [4.69, 9.17) is 4.74 Å². The first-order valence-corrected chi connectivity index (χ1v) is 9.34. The van der Waals surface area contributed by atoms with E-state index in [1.54, 1.807) is 19.1 Å². The Morgan fingerprint density at radius 1 is 1.03 bits per heavy atom. The van der Waals surface area contributed by atoms with Gasteiger partial charge in [0, 0.05) is 6.54 Å². The standard InChI is InChI=1S/C20H28N2O8/c1-13(18(25)28-2)9-16(19(26)29-3)22-17(24)10-15(23)11-21-20(27)30-12-14-7-5-4-6-8-14/h4-8,13,15-16,23H,9-12H2,1-3H3,(H,21,27)(H,22,24)/t13-,15-,16-/m1/s1. The Bertz CT molecular complexity index is 710. The molecule has 1 aromatic rings. The zero-order valence-corrected chi connectivity index (χ0v) is 17.3. The number of aliphatic hydroxyl groups is 1. The summed E-state index contributed by atoms with van der Waals surface area (Å²) >= 11 is 0. The molecule has 0 saturated carbocycles. The molecule has 0 spiro atoms. The van der Waals surface area contributed by atoms with Gasteiger partial charge in [-0.25, -0.2) is 9.59 Å². The fourth-order valence-electron chi connectivity index (χ4n) is 2.52. The van der Waals surface area contributed by atoms with E-state index >= 15 is 0 Å². The molecule has 10 heteroatoms. The summed E-state index contributed by atoms with van der Waals surface area (Å²) in [5.41, 5.74) is 0.808. The Balaban J connectivity index is 2.42. The summed E-state index contributed by atoms with van der Waals surface area (Å²) in [6.45, 7) is 1.40. The van der Waals surface area contributed by atoms with E-state index in [1.807, 2.05) is 18.2 Å². The number of carbonyl (C=O) groups excluding carboxylic acids is 4. The van der Waals surface area contributed by atoms with Gasteiger partial charge in [0.15, 0.2) is 0 Å². The first kappa shape index (κ1) is 24.9. The van der Waals surface area contributed by atoms with Crippen LogP contribution in [0.15, 0.2) is 30.3 Å². The number of rotatable bonds is 11. The van der Waals surface area contributed by atoms with Gasteiger partial charge < -0.3 is 30.0 Å². The molecule has 1 rings (SSSR count). The first-order valence-electron chi connectivity index (χ1n) is 9.34. The molecule has 0 aliphatic heterocycles. The molecule has 0 fully saturated rings. The van der Waals surface area contributed by atoms with Crippen molar-refractivity contribution in [2.75, 3.05) is 20.8 Å². The van der Waals surface area contributed by atoms with Crippen LogP contribution in [0.1, 0.15) is 25.3 Å². The molecule has 0 radical (unpaired) electrons. The molecule has 0 saturated heterocycles. The number of alkyl carbamates (subject to hydrolysis) is 1. The molecule has 10 nitrogen and oxygen atoms in total. The Morgan fingerprint density at radius 2 is 1.67 bits per heavy atom. The number of ether oxygens (including phenoxy) is 3. The van der Waals surface area contributed by atoms with Crippen molar-refractivity contribution in [2.45, 2.75) is 38.5 Å². The predicted octanol–water partition coefficient (Wildman–Crippen LogP) is 0.521. The maximum Gasteiger partial charge on any atom is 0.407 e. The van der Waals surface area contributed by atoms with Crippen LogP contribution in [0, 0.1) is 5.92 Å². The molecule has 0 aliphatic carbocycles. The normalized spacial score (nSPS) is 13.3. The van der Waals surface area contributed by atoms with Gasteiger partial charge in [0.25, 0.3) is 0 Å². The summed E-state index contributed by atoms with van der Waals surface area (Å²) in [6, 6.07) is 7.98. The number of nitrogens with one attached hydrogen (secondary N) is 2. The molecule has 166 valence electrons. The zero-order valence-electron chi connectivity index (χ0n) is 17.3. The Labute approximate surface area is 174 Å². The third kappa shape index (κ3) is 9.37. The predicted molar refractivity (Wildman–Crippen MR) is 105 cm³/mol. The topological polar surface area (TPSA) is 140 Å². The van der Waals surface area contributed by atoms with Crippen molar-refractivity contribution in [1.82, 2.24) is 10.6 Å². The molecule has 0 bridgehead atoms. The summed E-state index contributed by atoms with van der Waals surface area (Å²) in [5, 5.41) is 14.7. The van der Waals surface area contributed by atoms with Crippen LogP contribution >= 0.6 is 0 Å². The van der Waals surface area contributed by atoms with Gasteiger partial charge in [-0.05, 0) is 12.0 Å². The first-order chi connectivity index (χ1) is 14.3. The number of esters is 2. The molecular weight excluding hydrogens is 396 g/mol. The van der Waals surface area contributed by atoms with E-state index in [1.165, 1.54) is 7.11 Å². The van der Waals surface area contributed by atoms with E-state index in [0.29, 0.717) is 0 Å². The minimum absolute atomic E-state index is 0.0226. The highest BCUT2D eigenvalue weighted by atomic mass is 16.5. The van der Waals surface area contributed by atoms with Crippen LogP contribution in [0.5, 0.6) is 0 Å². The van der Waals surface area contributed by atoms with Crippen LogP contribution in [0.2, 0.25) is 0 Å². The quantitative estimate of drug-likeness (QED) is 0.345. The molecule has 3 N–H and O–H groups in total. The molecule has 1 aromatic carbocycles. The van der Waals surface area contributed by atoms with Crippen LogP contribution in [-0.2, 0) is 35.2 Å². The molecule has 30 heavy (non-hydrogen) atoms. The molecule has 0 aliphatic rings. The molecule has 2 amide bonds. The van der Waals surface area contributed by atoms with E-state index in [-0.39, 0.29) is 26.0 Å². The minimum Gasteiger partial charge on any atom is -0.469 e. The number of benzene rings is 1. The van der Waals surface area contributed by atoms with Crippen LogP contribution < -0.4 is 10.6 Å². The summed E-state index contributed by atoms with van der Waals surface area (Å²) in [7, 11) is 2.38. The smallest absolute Gasteiger partial charge is 0.407 e. The van der Waals surface area contributed by atoms with Crippen LogP contribution in [-0.4, -0.2) is 62.0 Å². The summed E-state index contributed by atoms with van der Waals surface area (Å²) < 4.78 is 14.2. The number of carbonyl (C=O) groups is 4. The van der Waals surface area contributed by atoms with Crippen molar-refractivity contribution in [1.29, 1.82) is 0 Å². The molecule has 0 heterocycles. The number of amides is 2. The highest BCUT2D eigenvalue weighted by molar-refractivity contribution is 5.85. The van der Waals surface area contributed by atoms with Gasteiger partial charge >= 0.3 is 18.0 Å². The number of hydrogen-bond donors (Lipinski definition) is 3. The van der Waals surface area contributed by atoms with Crippen LogP contribution in [0.4, 0.5) is 4.79 Å². The Morgan fingerprint density at radius 3 is 2.27 bits per heavy atom. The third-order valence-electron chi connectivity index (χ3n) is 4.13. The average Bonchev–Trinajstić information content (AvgIpc) is 2.75. The molecule has 0 unspecified atom stereocenters. The highest BCUT2D eigenvalue weighted by Crippen LogP contribution is 2.10. The van der Waals surface area contributed by atoms with E-state index in [9.17, 15) is 24.3 Å². The second-order valence-electron chi connectivity index (χ2n) is 6.60. The van der Waals surface area contributed by atoms with Gasteiger partial charge in [-0.2, -0.15) is 0 Å². The molecule has 0 aromatic heterocycles. The molecular formula is C20H28N2O8. The second-order valence-corrected chi connectivity index (χ2v) is 6.60. The second kappa shape index (κ2) is 13.2. The van der Waals surface area contributed by atoms with Gasteiger partial charge in [-0.3, -0.25) is 9.59 Å². The summed E-state index contributed by atoms with van der Waals surface area (Å²) in [4.78, 5) is 47.2. The average molecular weight is 424 g/mol. The van der Waals surface area contributed by atoms with Gasteiger partial charge in [0.1, 0.15) is 12.6 Å². The van der Waals surface area contributed by atoms with Crippen molar-refractivity contribution in [3.63, 3.8) is 0 Å². The van der Waals surface area contributed by atoms with Crippen molar-refractivity contribution in [3.8, 4) is 0 Å². The SMILES string of the molecule is COC(=O)[C@H](C)C[C@@H](NC(=O)C[C@@H](O)CNC(=O)OCc1ccccc1)C(=O)OC. The third-order valence-corrected chi connectivity index (χ3v) is 4.13. The van der Waals surface area contributed by atoms with Gasteiger partial charge in [-0.1, -0.05) is 37.3 Å². The van der Waals surface area contributed by atoms with E-state index in [0.717, 1.165) is 12.7 Å². The van der Waals surface area contributed by atoms with E-state index in [2.05, 4.69) is 20.1 Å². The highest BCUT2D eigenvalue weighted by Gasteiger charge is 2.27. The summed E-state index contributed by atoms with van der Waals surface area (Å²) in [5.74, 6) is -2.55. The van der Waals surface area contributed by atoms with Crippen molar-refractivity contribution < 1.29 is 38.5 Å². The van der Waals surface area contributed by atoms with Crippen LogP contribution in [0.25, 0.3) is 0 Å². The van der Waals surface area contributed by atoms with Crippen molar-refractivity contribution >= 4 is 23.9 Å². The maximum absolute atomic E-state index is 12.1. The van der Waals surface area contributed by atoms with Crippen LogP contribution in [0.3, 0.4) is 0 Å². The lowest BCUT2D eigenvalue weighted by Crippen LogP contribution is -2.45. The number of aliphatic hydroxyl groups excluding tert-OH is 1. The Hall–Kier alpha value is -3.14. The van der Waals surface area contributed by atoms with Crippen molar-refractivity contribution in [2.24, 2.45) is 5.92 Å². The fourth-order valence-corrected chi connectivity index (χ4v) is 2.52. The van der Waals surface area contributed by atoms with E-state index < -0.39 is 42.0 Å². The lowest BCUT2D eigenvalue weighted by Gasteiger charge is -2.20.